The fourth-order valence-electron chi connectivity index (χ4n) is 4.55. The number of amides is 1. The molecule has 0 atom stereocenters. The van der Waals surface area contributed by atoms with E-state index in [-0.39, 0.29) is 23.5 Å². The van der Waals surface area contributed by atoms with Crippen LogP contribution in [0.1, 0.15) is 35.7 Å². The first-order chi connectivity index (χ1) is 17.8. The third-order valence-corrected chi connectivity index (χ3v) is 6.76. The van der Waals surface area contributed by atoms with E-state index in [4.69, 9.17) is 16.3 Å². The van der Waals surface area contributed by atoms with Crippen molar-refractivity contribution >= 4 is 40.3 Å². The molecule has 4 aromatic rings. The number of rotatable bonds is 6. The first kappa shape index (κ1) is 24.6. The molecule has 2 aromatic carbocycles. The Kier molecular flexibility index (Phi) is 6.71. The smallest absolute Gasteiger partial charge is 0.336 e. The number of anilines is 1. The van der Waals surface area contributed by atoms with Crippen LogP contribution in [0.5, 0.6) is 11.8 Å². The highest BCUT2D eigenvalue weighted by Gasteiger charge is 2.20. The largest absolute Gasteiger partial charge is 0.478 e. The molecule has 0 saturated carbocycles. The number of nitrogens with zero attached hydrogens (tertiary/aromatic N) is 3. The topological polar surface area (TPSA) is 120 Å². The molecule has 5 rings (SSSR count). The van der Waals surface area contributed by atoms with E-state index in [0.717, 1.165) is 37.2 Å². The number of imidazole rings is 1. The van der Waals surface area contributed by atoms with Crippen LogP contribution in [0.4, 0.5) is 5.69 Å². The minimum Gasteiger partial charge on any atom is -0.478 e. The van der Waals surface area contributed by atoms with Crippen LogP contribution >= 0.6 is 11.6 Å². The summed E-state index contributed by atoms with van der Waals surface area (Å²) < 4.78 is 5.76. The molecule has 0 aliphatic carbocycles. The molecule has 2 aromatic heterocycles. The summed E-state index contributed by atoms with van der Waals surface area (Å²) in [5.41, 5.74) is 4.42. The molecule has 0 radical (unpaired) electrons. The van der Waals surface area contributed by atoms with Gasteiger partial charge in [-0.15, -0.1) is 0 Å². The van der Waals surface area contributed by atoms with E-state index < -0.39 is 5.97 Å². The number of carboxylic acid groups (broad SMARTS) is 1. The highest BCUT2D eigenvalue weighted by molar-refractivity contribution is 6.33. The van der Waals surface area contributed by atoms with Crippen LogP contribution in [0.3, 0.4) is 0 Å². The van der Waals surface area contributed by atoms with Crippen LogP contribution in [-0.4, -0.2) is 51.1 Å². The standard InChI is InChI=1S/C27H26ClN5O4/c1-15-3-8-20(13-21(15)26(35)36)37-27-30-23-14-22(28)24(31-25(23)32-27)17-4-6-19(7-5-17)33-11-9-18(10-12-33)29-16(2)34/h3-8,13-14,18H,9-12H2,1-2H3,(H,29,34)(H,35,36)(H,30,31,32). The number of nitrogens with one attached hydrogen (secondary N) is 2. The highest BCUT2D eigenvalue weighted by atomic mass is 35.5. The molecule has 0 unspecified atom stereocenters. The fourth-order valence-corrected chi connectivity index (χ4v) is 4.81. The zero-order valence-corrected chi connectivity index (χ0v) is 21.2. The SMILES string of the molecule is CC(=O)NC1CCN(c2ccc(-c3nc4nc(Oc5ccc(C)c(C(=O)O)c5)[nH]c4cc3Cl)cc2)CC1. The third-order valence-electron chi connectivity index (χ3n) is 6.47. The predicted molar refractivity (Wildman–Crippen MR) is 142 cm³/mol. The van der Waals surface area contributed by atoms with E-state index in [1.807, 2.05) is 24.3 Å². The van der Waals surface area contributed by atoms with E-state index in [0.29, 0.717) is 33.2 Å². The van der Waals surface area contributed by atoms with Gasteiger partial charge in [0.25, 0.3) is 0 Å². The van der Waals surface area contributed by atoms with Crippen LogP contribution in [0, 0.1) is 6.92 Å². The number of hydrogen-bond acceptors (Lipinski definition) is 6. The fraction of sp³-hybridized carbons (Fsp3) is 0.259. The Morgan fingerprint density at radius 1 is 1.11 bits per heavy atom. The Morgan fingerprint density at radius 2 is 1.84 bits per heavy atom. The van der Waals surface area contributed by atoms with E-state index in [1.54, 1.807) is 32.0 Å². The molecule has 1 fully saturated rings. The molecule has 3 N–H and O–H groups in total. The second kappa shape index (κ2) is 10.1. The predicted octanol–water partition coefficient (Wildman–Crippen LogP) is 5.18. The number of halogens is 1. The lowest BCUT2D eigenvalue weighted by Crippen LogP contribution is -2.44. The highest BCUT2D eigenvalue weighted by Crippen LogP contribution is 2.32. The maximum atomic E-state index is 11.4. The maximum Gasteiger partial charge on any atom is 0.336 e. The average molecular weight is 520 g/mol. The van der Waals surface area contributed by atoms with Crippen molar-refractivity contribution in [3.8, 4) is 23.0 Å². The quantitative estimate of drug-likeness (QED) is 0.321. The van der Waals surface area contributed by atoms with Gasteiger partial charge in [0.15, 0.2) is 5.65 Å². The normalized spacial score (nSPS) is 14.1. The molecular formula is C27H26ClN5O4. The summed E-state index contributed by atoms with van der Waals surface area (Å²) in [7, 11) is 0. The van der Waals surface area contributed by atoms with Crippen LogP contribution in [0.25, 0.3) is 22.4 Å². The van der Waals surface area contributed by atoms with E-state index in [1.165, 1.54) is 6.07 Å². The van der Waals surface area contributed by atoms with Gasteiger partial charge in [-0.25, -0.2) is 9.78 Å². The number of pyridine rings is 1. The lowest BCUT2D eigenvalue weighted by molar-refractivity contribution is -0.119. The zero-order valence-electron chi connectivity index (χ0n) is 20.4. The third kappa shape index (κ3) is 5.36. The van der Waals surface area contributed by atoms with Gasteiger partial charge in [0.1, 0.15) is 5.75 Å². The summed E-state index contributed by atoms with van der Waals surface area (Å²) in [5.74, 6) is -0.654. The molecule has 1 aliphatic rings. The number of carbonyl (C=O) groups excluding carboxylic acids is 1. The van der Waals surface area contributed by atoms with Gasteiger partial charge in [-0.2, -0.15) is 4.98 Å². The van der Waals surface area contributed by atoms with Crippen molar-refractivity contribution in [1.82, 2.24) is 20.3 Å². The molecule has 10 heteroatoms. The van der Waals surface area contributed by atoms with Crippen molar-refractivity contribution < 1.29 is 19.4 Å². The number of aryl methyl sites for hydroxylation is 1. The summed E-state index contributed by atoms with van der Waals surface area (Å²) in [5, 5.41) is 12.8. The molecule has 0 bridgehead atoms. The monoisotopic (exact) mass is 519 g/mol. The minimum absolute atomic E-state index is 0.0159. The molecule has 1 amide bonds. The number of H-pyrrole nitrogens is 1. The van der Waals surface area contributed by atoms with Gasteiger partial charge in [0.2, 0.25) is 5.91 Å². The van der Waals surface area contributed by atoms with Crippen molar-refractivity contribution in [3.05, 3.63) is 64.7 Å². The molecule has 190 valence electrons. The molecule has 3 heterocycles. The van der Waals surface area contributed by atoms with E-state index in [2.05, 4.69) is 25.2 Å². The number of aromatic amines is 1. The van der Waals surface area contributed by atoms with Gasteiger partial charge in [-0.1, -0.05) is 29.8 Å². The average Bonchev–Trinajstić information content (AvgIpc) is 3.25. The number of aromatic nitrogens is 3. The van der Waals surface area contributed by atoms with Crippen LogP contribution in [0.2, 0.25) is 5.02 Å². The Bertz CT molecular complexity index is 1480. The Hall–Kier alpha value is -4.11. The number of carboxylic acids is 1. The van der Waals surface area contributed by atoms with Gasteiger partial charge in [-0.3, -0.25) is 4.79 Å². The van der Waals surface area contributed by atoms with Crippen molar-refractivity contribution in [2.45, 2.75) is 32.7 Å². The lowest BCUT2D eigenvalue weighted by atomic mass is 10.0. The Labute approximate surface area is 218 Å². The van der Waals surface area contributed by atoms with Crippen molar-refractivity contribution in [1.29, 1.82) is 0 Å². The van der Waals surface area contributed by atoms with Crippen LogP contribution in [0.15, 0.2) is 48.5 Å². The molecular weight excluding hydrogens is 494 g/mol. The Morgan fingerprint density at radius 3 is 2.51 bits per heavy atom. The van der Waals surface area contributed by atoms with Gasteiger partial charge in [0, 0.05) is 37.3 Å². The molecule has 1 aliphatic heterocycles. The van der Waals surface area contributed by atoms with Crippen LogP contribution < -0.4 is 15.0 Å². The minimum atomic E-state index is -1.02. The number of piperidine rings is 1. The van der Waals surface area contributed by atoms with Gasteiger partial charge in [0.05, 0.1) is 21.8 Å². The summed E-state index contributed by atoms with van der Waals surface area (Å²) in [6, 6.07) is 15.1. The van der Waals surface area contributed by atoms with Gasteiger partial charge >= 0.3 is 12.0 Å². The number of carbonyl (C=O) groups is 2. The van der Waals surface area contributed by atoms with E-state index in [9.17, 15) is 14.7 Å². The van der Waals surface area contributed by atoms with Crippen molar-refractivity contribution in [2.75, 3.05) is 18.0 Å². The summed E-state index contributed by atoms with van der Waals surface area (Å²) in [6.07, 6.45) is 1.82. The van der Waals surface area contributed by atoms with Crippen molar-refractivity contribution in [2.24, 2.45) is 0 Å². The summed E-state index contributed by atoms with van der Waals surface area (Å²) >= 11 is 6.56. The number of aromatic carboxylic acids is 1. The molecule has 37 heavy (non-hydrogen) atoms. The molecule has 1 saturated heterocycles. The number of ether oxygens (including phenoxy) is 1. The van der Waals surface area contributed by atoms with Gasteiger partial charge in [-0.05, 0) is 55.7 Å². The second-order valence-electron chi connectivity index (χ2n) is 9.12. The number of hydrogen-bond donors (Lipinski definition) is 3. The van der Waals surface area contributed by atoms with E-state index >= 15 is 0 Å². The molecule has 9 nitrogen and oxygen atoms in total. The van der Waals surface area contributed by atoms with Gasteiger partial charge < -0.3 is 25.0 Å². The first-order valence-corrected chi connectivity index (χ1v) is 12.3. The van der Waals surface area contributed by atoms with Crippen LogP contribution in [-0.2, 0) is 4.79 Å². The second-order valence-corrected chi connectivity index (χ2v) is 9.53. The van der Waals surface area contributed by atoms with Crippen molar-refractivity contribution in [3.63, 3.8) is 0 Å². The number of benzene rings is 2. The Balaban J connectivity index is 1.33. The maximum absolute atomic E-state index is 11.4. The first-order valence-electron chi connectivity index (χ1n) is 12.0. The zero-order chi connectivity index (χ0) is 26.1. The summed E-state index contributed by atoms with van der Waals surface area (Å²) in [4.78, 5) is 37.1. The summed E-state index contributed by atoms with van der Waals surface area (Å²) in [6.45, 7) is 5.03. The lowest BCUT2D eigenvalue weighted by Gasteiger charge is -2.33. The molecule has 0 spiro atoms. The number of fused-ring (bicyclic) bond motifs is 1.